The van der Waals surface area contributed by atoms with Crippen LogP contribution in [0.15, 0.2) is 16.7 Å². The van der Waals surface area contributed by atoms with Gasteiger partial charge in [0.05, 0.1) is 4.92 Å². The summed E-state index contributed by atoms with van der Waals surface area (Å²) in [6.45, 7) is 2.15. The lowest BCUT2D eigenvalue weighted by Gasteiger charge is -2.07. The molecule has 0 aromatic carbocycles. The van der Waals surface area contributed by atoms with E-state index in [1.807, 2.05) is 6.92 Å². The molecular weight excluding hydrogens is 250 g/mol. The van der Waals surface area contributed by atoms with Gasteiger partial charge in [0, 0.05) is 29.2 Å². The van der Waals surface area contributed by atoms with Gasteiger partial charge in [-0.15, -0.1) is 0 Å². The van der Waals surface area contributed by atoms with Crippen molar-refractivity contribution in [2.24, 2.45) is 5.73 Å². The highest BCUT2D eigenvalue weighted by Crippen LogP contribution is 2.26. The maximum atomic E-state index is 10.7. The summed E-state index contributed by atoms with van der Waals surface area (Å²) in [5, 5.41) is 10.7. The Labute approximate surface area is 89.6 Å². The van der Waals surface area contributed by atoms with Gasteiger partial charge in [-0.1, -0.05) is 6.92 Å². The van der Waals surface area contributed by atoms with Crippen LogP contribution in [0.3, 0.4) is 0 Å². The fourth-order valence-electron chi connectivity index (χ4n) is 1.08. The van der Waals surface area contributed by atoms with Crippen LogP contribution in [0.25, 0.3) is 0 Å². The van der Waals surface area contributed by atoms with E-state index in [9.17, 15) is 10.1 Å². The molecule has 14 heavy (non-hydrogen) atoms. The van der Waals surface area contributed by atoms with Crippen molar-refractivity contribution < 1.29 is 4.92 Å². The maximum absolute atomic E-state index is 10.7. The molecule has 76 valence electrons. The van der Waals surface area contributed by atoms with Crippen molar-refractivity contribution in [3.05, 3.63) is 32.5 Å². The van der Waals surface area contributed by atoms with Crippen molar-refractivity contribution in [1.29, 1.82) is 0 Å². The first-order chi connectivity index (χ1) is 6.56. The molecule has 0 amide bonds. The van der Waals surface area contributed by atoms with E-state index in [-0.39, 0.29) is 11.6 Å². The van der Waals surface area contributed by atoms with Crippen LogP contribution in [0.1, 0.15) is 18.5 Å². The van der Waals surface area contributed by atoms with Crippen LogP contribution < -0.4 is 5.73 Å². The van der Waals surface area contributed by atoms with Crippen LogP contribution in [0, 0.1) is 10.1 Å². The Morgan fingerprint density at radius 1 is 1.79 bits per heavy atom. The van der Waals surface area contributed by atoms with E-state index in [1.54, 1.807) is 0 Å². The molecule has 0 bridgehead atoms. The van der Waals surface area contributed by atoms with Crippen LogP contribution >= 0.6 is 15.9 Å². The van der Waals surface area contributed by atoms with Crippen molar-refractivity contribution in [3.8, 4) is 0 Å². The minimum atomic E-state index is -0.445. The molecule has 0 spiro atoms. The van der Waals surface area contributed by atoms with Crippen molar-refractivity contribution in [1.82, 2.24) is 4.98 Å². The average molecular weight is 260 g/mol. The Morgan fingerprint density at radius 3 is 2.93 bits per heavy atom. The molecule has 5 nitrogen and oxygen atoms in total. The number of rotatable bonds is 3. The minimum Gasteiger partial charge on any atom is -0.330 e. The lowest BCUT2D eigenvalue weighted by Crippen LogP contribution is -2.12. The Hall–Kier alpha value is -1.01. The number of aromatic nitrogens is 1. The molecule has 0 fully saturated rings. The quantitative estimate of drug-likeness (QED) is 0.663. The summed E-state index contributed by atoms with van der Waals surface area (Å²) >= 11 is 3.14. The van der Waals surface area contributed by atoms with E-state index in [2.05, 4.69) is 20.9 Å². The zero-order valence-corrected chi connectivity index (χ0v) is 9.19. The first-order valence-electron chi connectivity index (χ1n) is 4.06. The molecule has 0 saturated heterocycles. The molecule has 0 aliphatic carbocycles. The van der Waals surface area contributed by atoms with Gasteiger partial charge in [-0.25, -0.2) is 0 Å². The van der Waals surface area contributed by atoms with Crippen LogP contribution in [0.4, 0.5) is 5.69 Å². The van der Waals surface area contributed by atoms with E-state index < -0.39 is 4.92 Å². The second-order valence-electron chi connectivity index (χ2n) is 2.95. The van der Waals surface area contributed by atoms with E-state index in [4.69, 9.17) is 5.73 Å². The molecule has 2 N–H and O–H groups in total. The summed E-state index contributed by atoms with van der Waals surface area (Å²) in [5.41, 5.74) is 5.88. The molecule has 0 aliphatic rings. The smallest absolute Gasteiger partial charge is 0.292 e. The zero-order valence-electron chi connectivity index (χ0n) is 7.61. The molecule has 1 aromatic heterocycles. The number of nitrogens with zero attached hydrogens (tertiary/aromatic N) is 2. The number of hydrogen-bond donors (Lipinski definition) is 1. The van der Waals surface area contributed by atoms with Gasteiger partial charge < -0.3 is 5.73 Å². The molecule has 1 heterocycles. The summed E-state index contributed by atoms with van der Waals surface area (Å²) in [6.07, 6.45) is 1.54. The molecule has 1 rings (SSSR count). The molecule has 0 radical (unpaired) electrons. The highest BCUT2D eigenvalue weighted by molar-refractivity contribution is 9.10. The summed E-state index contributed by atoms with van der Waals surface area (Å²) < 4.78 is 0.595. The lowest BCUT2D eigenvalue weighted by molar-refractivity contribution is -0.386. The molecule has 1 atom stereocenters. The minimum absolute atomic E-state index is 0.0114. The van der Waals surface area contributed by atoms with Crippen LogP contribution in [0.5, 0.6) is 0 Å². The van der Waals surface area contributed by atoms with Gasteiger partial charge >= 0.3 is 0 Å². The highest BCUT2D eigenvalue weighted by atomic mass is 79.9. The van der Waals surface area contributed by atoms with E-state index in [0.717, 1.165) is 0 Å². The predicted octanol–water partition coefficient (Wildman–Crippen LogP) is 1.81. The summed E-state index contributed by atoms with van der Waals surface area (Å²) in [7, 11) is 0. The summed E-state index contributed by atoms with van der Waals surface area (Å²) in [4.78, 5) is 14.3. The van der Waals surface area contributed by atoms with Crippen LogP contribution in [-0.2, 0) is 0 Å². The molecular formula is C8H10BrN3O2. The molecule has 1 aromatic rings. The Morgan fingerprint density at radius 2 is 2.43 bits per heavy atom. The molecule has 0 saturated carbocycles. The Bertz CT molecular complexity index is 356. The monoisotopic (exact) mass is 259 g/mol. The van der Waals surface area contributed by atoms with Crippen LogP contribution in [0.2, 0.25) is 0 Å². The summed E-state index contributed by atoms with van der Waals surface area (Å²) in [5.74, 6) is -0.108. The van der Waals surface area contributed by atoms with Crippen molar-refractivity contribution in [2.75, 3.05) is 6.54 Å². The fraction of sp³-hybridized carbons (Fsp3) is 0.375. The third kappa shape index (κ3) is 2.27. The number of hydrogen-bond acceptors (Lipinski definition) is 4. The predicted molar refractivity (Wildman–Crippen MR) is 56.1 cm³/mol. The van der Waals surface area contributed by atoms with Gasteiger partial charge in [-0.05, 0) is 15.9 Å². The zero-order chi connectivity index (χ0) is 10.7. The van der Waals surface area contributed by atoms with Crippen molar-refractivity contribution >= 4 is 21.6 Å². The maximum Gasteiger partial charge on any atom is 0.292 e. The van der Waals surface area contributed by atoms with Gasteiger partial charge in [0.15, 0.2) is 0 Å². The number of nitro groups is 1. The van der Waals surface area contributed by atoms with Gasteiger partial charge in [-0.3, -0.25) is 15.1 Å². The van der Waals surface area contributed by atoms with Gasteiger partial charge in [-0.2, -0.15) is 0 Å². The highest BCUT2D eigenvalue weighted by Gasteiger charge is 2.19. The fourth-order valence-corrected chi connectivity index (χ4v) is 1.40. The van der Waals surface area contributed by atoms with Crippen molar-refractivity contribution in [2.45, 2.75) is 12.8 Å². The SMILES string of the molecule is CC(CN)c1ncc(Br)cc1[N+](=O)[O-]. The normalized spacial score (nSPS) is 12.5. The first kappa shape index (κ1) is 11.1. The lowest BCUT2D eigenvalue weighted by atomic mass is 10.1. The number of nitrogens with two attached hydrogens (primary N) is 1. The first-order valence-corrected chi connectivity index (χ1v) is 4.85. The van der Waals surface area contributed by atoms with E-state index >= 15 is 0 Å². The molecule has 1 unspecified atom stereocenters. The van der Waals surface area contributed by atoms with Crippen molar-refractivity contribution in [3.63, 3.8) is 0 Å². The second-order valence-corrected chi connectivity index (χ2v) is 3.87. The van der Waals surface area contributed by atoms with Gasteiger partial charge in [0.1, 0.15) is 5.69 Å². The van der Waals surface area contributed by atoms with E-state index in [1.165, 1.54) is 12.3 Å². The summed E-state index contributed by atoms with van der Waals surface area (Å²) in [6, 6.07) is 1.44. The third-order valence-corrected chi connectivity index (χ3v) is 2.31. The Balaban J connectivity index is 3.21. The standard InChI is InChI=1S/C8H10BrN3O2/c1-5(3-10)8-7(12(13)14)2-6(9)4-11-8/h2,4-5H,3,10H2,1H3. The third-order valence-electron chi connectivity index (χ3n) is 1.88. The van der Waals surface area contributed by atoms with Gasteiger partial charge in [0.25, 0.3) is 5.69 Å². The second kappa shape index (κ2) is 4.47. The van der Waals surface area contributed by atoms with Gasteiger partial charge in [0.2, 0.25) is 0 Å². The molecule has 6 heteroatoms. The number of halogens is 1. The largest absolute Gasteiger partial charge is 0.330 e. The number of pyridine rings is 1. The Kier molecular flexibility index (Phi) is 3.54. The molecule has 0 aliphatic heterocycles. The topological polar surface area (TPSA) is 82.0 Å². The average Bonchev–Trinajstić information content (AvgIpc) is 2.16. The van der Waals surface area contributed by atoms with E-state index in [0.29, 0.717) is 16.7 Å². The van der Waals surface area contributed by atoms with Crippen LogP contribution in [-0.4, -0.2) is 16.5 Å².